The van der Waals surface area contributed by atoms with E-state index in [1.54, 1.807) is 23.3 Å². The summed E-state index contributed by atoms with van der Waals surface area (Å²) in [6, 6.07) is 4.58. The molecule has 1 aliphatic rings. The number of aromatic nitrogens is 8. The third-order valence-electron chi connectivity index (χ3n) is 4.84. The Bertz CT molecular complexity index is 1150. The van der Waals surface area contributed by atoms with E-state index in [4.69, 9.17) is 4.74 Å². The lowest BCUT2D eigenvalue weighted by molar-refractivity contribution is 0.0271. The molecule has 1 unspecified atom stereocenters. The van der Waals surface area contributed by atoms with Crippen LogP contribution < -0.4 is 4.90 Å². The molecule has 10 nitrogen and oxygen atoms in total. The Kier molecular flexibility index (Phi) is 4.75. The number of ether oxygens (including phenoxy) is 1. The van der Waals surface area contributed by atoms with Crippen molar-refractivity contribution in [3.63, 3.8) is 0 Å². The van der Waals surface area contributed by atoms with Crippen LogP contribution in [-0.2, 0) is 11.3 Å². The Morgan fingerprint density at radius 1 is 1.17 bits per heavy atom. The van der Waals surface area contributed by atoms with Crippen LogP contribution in [0.4, 0.5) is 14.6 Å². The third kappa shape index (κ3) is 3.56. The van der Waals surface area contributed by atoms with E-state index in [0.29, 0.717) is 49.1 Å². The Morgan fingerprint density at radius 3 is 2.93 bits per heavy atom. The molecule has 4 aromatic rings. The van der Waals surface area contributed by atoms with Crippen LogP contribution in [0, 0.1) is 0 Å². The van der Waals surface area contributed by atoms with Gasteiger partial charge in [0, 0.05) is 19.2 Å². The maximum Gasteiger partial charge on any atom is 0.282 e. The maximum absolute atomic E-state index is 13.1. The van der Waals surface area contributed by atoms with Crippen molar-refractivity contribution in [1.29, 1.82) is 0 Å². The molecule has 0 saturated carbocycles. The van der Waals surface area contributed by atoms with E-state index < -0.39 is 6.43 Å². The first-order valence-electron chi connectivity index (χ1n) is 9.31. The summed E-state index contributed by atoms with van der Waals surface area (Å²) < 4.78 is 35.1. The first-order valence-corrected chi connectivity index (χ1v) is 9.31. The Labute approximate surface area is 169 Å². The molecule has 0 spiro atoms. The highest BCUT2D eigenvalue weighted by atomic mass is 19.3. The van der Waals surface area contributed by atoms with Crippen molar-refractivity contribution in [3.8, 4) is 11.4 Å². The summed E-state index contributed by atoms with van der Waals surface area (Å²) in [5.74, 6) is 0.715. The molecule has 0 radical (unpaired) electrons. The van der Waals surface area contributed by atoms with Crippen LogP contribution in [0.5, 0.6) is 0 Å². The highest BCUT2D eigenvalue weighted by molar-refractivity contribution is 5.62. The molecule has 4 aromatic heterocycles. The summed E-state index contributed by atoms with van der Waals surface area (Å²) >= 11 is 0. The number of hydrogen-bond donors (Lipinski definition) is 0. The van der Waals surface area contributed by atoms with Crippen LogP contribution in [0.3, 0.4) is 0 Å². The Hall–Kier alpha value is -3.54. The molecule has 5 rings (SSSR count). The number of anilines is 1. The van der Waals surface area contributed by atoms with Crippen molar-refractivity contribution in [2.45, 2.75) is 19.1 Å². The molecule has 1 fully saturated rings. The lowest BCUT2D eigenvalue weighted by Crippen LogP contribution is -2.44. The van der Waals surface area contributed by atoms with Crippen LogP contribution >= 0.6 is 0 Å². The summed E-state index contributed by atoms with van der Waals surface area (Å²) in [5, 5.41) is 8.12. The van der Waals surface area contributed by atoms with Crippen LogP contribution in [0.2, 0.25) is 0 Å². The van der Waals surface area contributed by atoms with Gasteiger partial charge in [0.25, 0.3) is 6.43 Å². The fourth-order valence-electron chi connectivity index (χ4n) is 3.41. The van der Waals surface area contributed by atoms with Gasteiger partial charge in [-0.25, -0.2) is 33.2 Å². The molecular formula is C18H17F2N9O. The van der Waals surface area contributed by atoms with E-state index in [9.17, 15) is 8.78 Å². The minimum Gasteiger partial charge on any atom is -0.373 e. The molecule has 1 saturated heterocycles. The second-order valence-electron chi connectivity index (χ2n) is 6.79. The van der Waals surface area contributed by atoms with Crippen molar-refractivity contribution in [1.82, 2.24) is 39.3 Å². The predicted octanol–water partition coefficient (Wildman–Crippen LogP) is 1.62. The van der Waals surface area contributed by atoms with Crippen molar-refractivity contribution >= 4 is 11.5 Å². The minimum atomic E-state index is -2.67. The SMILES string of the molecule is FC(F)c1ccc2ncc(-c3cc(N4CCOC(Cn5cncn5)C4)ncn3)n2n1. The van der Waals surface area contributed by atoms with E-state index >= 15 is 0 Å². The van der Waals surface area contributed by atoms with Crippen molar-refractivity contribution in [2.75, 3.05) is 24.6 Å². The molecule has 12 heteroatoms. The molecule has 1 aliphatic heterocycles. The van der Waals surface area contributed by atoms with Crippen molar-refractivity contribution in [3.05, 3.63) is 49.1 Å². The lowest BCUT2D eigenvalue weighted by atomic mass is 10.2. The molecule has 0 N–H and O–H groups in total. The van der Waals surface area contributed by atoms with Gasteiger partial charge in [-0.3, -0.25) is 4.68 Å². The third-order valence-corrected chi connectivity index (χ3v) is 4.84. The molecule has 0 aromatic carbocycles. The Morgan fingerprint density at radius 2 is 2.10 bits per heavy atom. The monoisotopic (exact) mass is 413 g/mol. The molecule has 0 aliphatic carbocycles. The molecule has 0 amide bonds. The first-order chi connectivity index (χ1) is 14.7. The molecule has 154 valence electrons. The summed E-state index contributed by atoms with van der Waals surface area (Å²) in [5.41, 5.74) is 1.21. The number of halogens is 2. The average Bonchev–Trinajstić information content (AvgIpc) is 3.43. The fourth-order valence-corrected chi connectivity index (χ4v) is 3.41. The maximum atomic E-state index is 13.1. The number of alkyl halides is 2. The largest absolute Gasteiger partial charge is 0.373 e. The van der Waals surface area contributed by atoms with Gasteiger partial charge in [-0.1, -0.05) is 0 Å². The van der Waals surface area contributed by atoms with E-state index in [0.717, 1.165) is 0 Å². The van der Waals surface area contributed by atoms with E-state index in [-0.39, 0.29) is 11.8 Å². The van der Waals surface area contributed by atoms with Gasteiger partial charge in [0.05, 0.1) is 31.1 Å². The average molecular weight is 413 g/mol. The van der Waals surface area contributed by atoms with Gasteiger partial charge in [0.15, 0.2) is 5.65 Å². The van der Waals surface area contributed by atoms with Gasteiger partial charge in [0.2, 0.25) is 0 Å². The molecular weight excluding hydrogens is 396 g/mol. The second-order valence-corrected chi connectivity index (χ2v) is 6.79. The molecule has 1 atom stereocenters. The van der Waals surface area contributed by atoms with Crippen LogP contribution in [0.25, 0.3) is 17.0 Å². The van der Waals surface area contributed by atoms with Crippen LogP contribution in [-0.4, -0.2) is 65.1 Å². The molecule has 5 heterocycles. The fraction of sp³-hybridized carbons (Fsp3) is 0.333. The van der Waals surface area contributed by atoms with E-state index in [1.165, 1.54) is 29.3 Å². The van der Waals surface area contributed by atoms with Crippen molar-refractivity contribution in [2.24, 2.45) is 0 Å². The van der Waals surface area contributed by atoms with Crippen LogP contribution in [0.15, 0.2) is 43.4 Å². The standard InChI is InChI=1S/C18H17F2N9O/c19-18(20)13-1-2-16-22-6-15(29(16)26-13)14-5-17(24-10-23-14)27-3-4-30-12(7-27)8-28-11-21-9-25-28/h1-2,5-6,9-12,18H,3-4,7-8H2. The second kappa shape index (κ2) is 7.71. The zero-order valence-corrected chi connectivity index (χ0v) is 15.7. The summed E-state index contributed by atoms with van der Waals surface area (Å²) in [4.78, 5) is 19.0. The Balaban J connectivity index is 1.41. The van der Waals surface area contributed by atoms with Gasteiger partial charge in [0.1, 0.15) is 36.2 Å². The highest BCUT2D eigenvalue weighted by Gasteiger charge is 2.23. The number of morpholine rings is 1. The molecule has 0 bridgehead atoms. The topological polar surface area (TPSA) is 99.2 Å². The van der Waals surface area contributed by atoms with Gasteiger partial charge >= 0.3 is 0 Å². The van der Waals surface area contributed by atoms with Crippen molar-refractivity contribution < 1.29 is 13.5 Å². The first kappa shape index (κ1) is 18.5. The molecule has 30 heavy (non-hydrogen) atoms. The normalized spacial score (nSPS) is 17.2. The number of imidazole rings is 1. The summed E-state index contributed by atoms with van der Waals surface area (Å²) in [6.07, 6.45) is 3.42. The highest BCUT2D eigenvalue weighted by Crippen LogP contribution is 2.24. The van der Waals surface area contributed by atoms with Gasteiger partial charge in [-0.15, -0.1) is 0 Å². The zero-order valence-electron chi connectivity index (χ0n) is 15.7. The lowest BCUT2D eigenvalue weighted by Gasteiger charge is -2.33. The number of fused-ring (bicyclic) bond motifs is 1. The smallest absolute Gasteiger partial charge is 0.282 e. The quantitative estimate of drug-likeness (QED) is 0.487. The summed E-state index contributed by atoms with van der Waals surface area (Å²) in [6.45, 7) is 2.43. The predicted molar refractivity (Wildman–Crippen MR) is 101 cm³/mol. The van der Waals surface area contributed by atoms with Crippen LogP contribution in [0.1, 0.15) is 12.1 Å². The van der Waals surface area contributed by atoms with Gasteiger partial charge in [-0.2, -0.15) is 10.2 Å². The van der Waals surface area contributed by atoms with Gasteiger partial charge < -0.3 is 9.64 Å². The zero-order chi connectivity index (χ0) is 20.5. The summed E-state index contributed by atoms with van der Waals surface area (Å²) in [7, 11) is 0. The van der Waals surface area contributed by atoms with E-state index in [1.807, 2.05) is 0 Å². The number of hydrogen-bond acceptors (Lipinski definition) is 8. The number of nitrogens with zero attached hydrogens (tertiary/aromatic N) is 9. The van der Waals surface area contributed by atoms with E-state index in [2.05, 4.69) is 35.0 Å². The number of rotatable bonds is 5. The minimum absolute atomic E-state index is 0.0649. The van der Waals surface area contributed by atoms with Gasteiger partial charge in [-0.05, 0) is 12.1 Å².